The van der Waals surface area contributed by atoms with Gasteiger partial charge in [0, 0.05) is 23.6 Å². The summed E-state index contributed by atoms with van der Waals surface area (Å²) in [4.78, 5) is 0.209. The van der Waals surface area contributed by atoms with Crippen LogP contribution < -0.4 is 4.72 Å². The third-order valence-corrected chi connectivity index (χ3v) is 4.39. The van der Waals surface area contributed by atoms with E-state index < -0.39 is 15.4 Å². The van der Waals surface area contributed by atoms with Crippen molar-refractivity contribution in [3.05, 3.63) is 28.8 Å². The van der Waals surface area contributed by atoms with Gasteiger partial charge in [0.05, 0.1) is 4.90 Å². The number of hydrogen-bond donors (Lipinski definition) is 2. The van der Waals surface area contributed by atoms with Crippen LogP contribution in [0, 0.1) is 12.3 Å². The van der Waals surface area contributed by atoms with E-state index in [1.54, 1.807) is 32.9 Å². The number of aliphatic hydroxyl groups is 1. The minimum absolute atomic E-state index is 0.0882. The smallest absolute Gasteiger partial charge is 0.240 e. The van der Waals surface area contributed by atoms with Crippen molar-refractivity contribution in [2.75, 3.05) is 13.2 Å². The fraction of sp³-hybridized carbons (Fsp3) is 0.500. The fourth-order valence-corrected chi connectivity index (χ4v) is 3.03. The second-order valence-corrected chi connectivity index (χ2v) is 7.23. The first kappa shape index (κ1) is 15.4. The minimum Gasteiger partial charge on any atom is -0.396 e. The van der Waals surface area contributed by atoms with Crippen molar-refractivity contribution in [1.82, 2.24) is 4.72 Å². The minimum atomic E-state index is -3.57. The van der Waals surface area contributed by atoms with E-state index in [0.717, 1.165) is 0 Å². The molecule has 0 aliphatic carbocycles. The maximum atomic E-state index is 12.1. The average molecular weight is 292 g/mol. The molecule has 6 heteroatoms. The molecule has 0 aromatic heterocycles. The average Bonchev–Trinajstić information content (AvgIpc) is 2.26. The highest BCUT2D eigenvalue weighted by Gasteiger charge is 2.22. The molecule has 0 aliphatic rings. The molecule has 0 aliphatic heterocycles. The van der Waals surface area contributed by atoms with Crippen molar-refractivity contribution >= 4 is 21.6 Å². The van der Waals surface area contributed by atoms with Gasteiger partial charge < -0.3 is 5.11 Å². The van der Waals surface area contributed by atoms with Crippen molar-refractivity contribution in [1.29, 1.82) is 0 Å². The van der Waals surface area contributed by atoms with E-state index in [1.807, 2.05) is 0 Å². The van der Waals surface area contributed by atoms with Crippen LogP contribution in [0.15, 0.2) is 23.1 Å². The third-order valence-electron chi connectivity index (χ3n) is 2.60. The number of halogens is 1. The molecule has 0 atom stereocenters. The van der Waals surface area contributed by atoms with Gasteiger partial charge in [-0.05, 0) is 30.7 Å². The topological polar surface area (TPSA) is 66.4 Å². The maximum absolute atomic E-state index is 12.1. The van der Waals surface area contributed by atoms with Crippen molar-refractivity contribution in [3.63, 3.8) is 0 Å². The molecule has 0 heterocycles. The predicted octanol–water partition coefficient (Wildman–Crippen LogP) is 1.95. The highest BCUT2D eigenvalue weighted by Crippen LogP contribution is 2.20. The molecule has 0 radical (unpaired) electrons. The van der Waals surface area contributed by atoms with E-state index in [1.165, 1.54) is 6.07 Å². The predicted molar refractivity (Wildman–Crippen MR) is 72.2 cm³/mol. The van der Waals surface area contributed by atoms with Crippen LogP contribution in [0.5, 0.6) is 0 Å². The normalized spacial score (nSPS) is 12.7. The zero-order valence-electron chi connectivity index (χ0n) is 10.7. The monoisotopic (exact) mass is 291 g/mol. The van der Waals surface area contributed by atoms with Crippen molar-refractivity contribution in [3.8, 4) is 0 Å². The number of rotatable bonds is 5. The van der Waals surface area contributed by atoms with E-state index in [0.29, 0.717) is 10.6 Å². The van der Waals surface area contributed by atoms with Gasteiger partial charge in [-0.15, -0.1) is 0 Å². The summed E-state index contributed by atoms with van der Waals surface area (Å²) in [7, 11) is -3.57. The number of sulfonamides is 1. The van der Waals surface area contributed by atoms with E-state index in [4.69, 9.17) is 16.7 Å². The van der Waals surface area contributed by atoms with Gasteiger partial charge in [-0.1, -0.05) is 25.4 Å². The molecule has 0 amide bonds. The SMILES string of the molecule is Cc1cc(Cl)ccc1S(=O)(=O)NCC(C)(C)CO. The highest BCUT2D eigenvalue weighted by molar-refractivity contribution is 7.89. The Morgan fingerprint density at radius 3 is 2.50 bits per heavy atom. The van der Waals surface area contributed by atoms with Crippen molar-refractivity contribution in [2.45, 2.75) is 25.7 Å². The van der Waals surface area contributed by atoms with Gasteiger partial charge >= 0.3 is 0 Å². The Labute approximate surface area is 113 Å². The lowest BCUT2D eigenvalue weighted by atomic mass is 9.96. The summed E-state index contributed by atoms with van der Waals surface area (Å²) in [5.41, 5.74) is 0.102. The van der Waals surface area contributed by atoms with Gasteiger partial charge in [0.15, 0.2) is 0 Å². The first-order valence-corrected chi connectivity index (χ1v) is 7.41. The zero-order valence-corrected chi connectivity index (χ0v) is 12.3. The third kappa shape index (κ3) is 3.95. The van der Waals surface area contributed by atoms with E-state index in [-0.39, 0.29) is 18.0 Å². The number of aliphatic hydroxyl groups excluding tert-OH is 1. The molecule has 0 bridgehead atoms. The van der Waals surface area contributed by atoms with Crippen LogP contribution in [-0.2, 0) is 10.0 Å². The number of aryl methyl sites for hydroxylation is 1. The van der Waals surface area contributed by atoms with Crippen LogP contribution >= 0.6 is 11.6 Å². The standard InChI is InChI=1S/C12H18ClNO3S/c1-9-6-10(13)4-5-11(9)18(16,17)14-7-12(2,3)8-15/h4-6,14-15H,7-8H2,1-3H3. The van der Waals surface area contributed by atoms with Gasteiger partial charge in [-0.3, -0.25) is 0 Å². The molecule has 0 spiro atoms. The molecule has 1 aromatic carbocycles. The maximum Gasteiger partial charge on any atom is 0.240 e. The van der Waals surface area contributed by atoms with Crippen LogP contribution in [0.25, 0.3) is 0 Å². The summed E-state index contributed by atoms with van der Waals surface area (Å²) >= 11 is 5.79. The Morgan fingerprint density at radius 2 is 2.00 bits per heavy atom. The summed E-state index contributed by atoms with van der Waals surface area (Å²) in [6.07, 6.45) is 0. The second kappa shape index (κ2) is 5.57. The summed E-state index contributed by atoms with van der Waals surface area (Å²) in [5, 5.41) is 9.60. The van der Waals surface area contributed by atoms with Crippen LogP contribution in [0.1, 0.15) is 19.4 Å². The molecule has 2 N–H and O–H groups in total. The van der Waals surface area contributed by atoms with E-state index in [9.17, 15) is 8.42 Å². The van der Waals surface area contributed by atoms with Crippen LogP contribution in [0.3, 0.4) is 0 Å². The van der Waals surface area contributed by atoms with Crippen molar-refractivity contribution in [2.24, 2.45) is 5.41 Å². The number of benzene rings is 1. The Bertz CT molecular complexity index is 526. The van der Waals surface area contributed by atoms with Gasteiger partial charge in [0.25, 0.3) is 0 Å². The Hall–Kier alpha value is -0.620. The molecule has 0 saturated carbocycles. The van der Waals surface area contributed by atoms with Crippen LogP contribution in [0.4, 0.5) is 0 Å². The lowest BCUT2D eigenvalue weighted by Crippen LogP contribution is -2.36. The Balaban J connectivity index is 2.94. The highest BCUT2D eigenvalue weighted by atomic mass is 35.5. The van der Waals surface area contributed by atoms with E-state index in [2.05, 4.69) is 4.72 Å². The largest absolute Gasteiger partial charge is 0.396 e. The Morgan fingerprint density at radius 1 is 1.39 bits per heavy atom. The first-order chi connectivity index (χ1) is 8.18. The van der Waals surface area contributed by atoms with Crippen LogP contribution in [0.2, 0.25) is 5.02 Å². The van der Waals surface area contributed by atoms with Gasteiger partial charge in [0.2, 0.25) is 10.0 Å². The number of nitrogens with one attached hydrogen (secondary N) is 1. The van der Waals surface area contributed by atoms with Crippen molar-refractivity contribution < 1.29 is 13.5 Å². The Kier molecular flexibility index (Phi) is 4.78. The lowest BCUT2D eigenvalue weighted by Gasteiger charge is -2.22. The summed E-state index contributed by atoms with van der Waals surface area (Å²) < 4.78 is 26.7. The zero-order chi connectivity index (χ0) is 14.0. The fourth-order valence-electron chi connectivity index (χ4n) is 1.34. The summed E-state index contributed by atoms with van der Waals surface area (Å²) in [6.45, 7) is 5.34. The molecule has 102 valence electrons. The molecule has 1 aromatic rings. The molecular weight excluding hydrogens is 274 g/mol. The van der Waals surface area contributed by atoms with Crippen LogP contribution in [-0.4, -0.2) is 26.7 Å². The molecule has 18 heavy (non-hydrogen) atoms. The van der Waals surface area contributed by atoms with Gasteiger partial charge in [-0.25, -0.2) is 13.1 Å². The first-order valence-electron chi connectivity index (χ1n) is 5.55. The lowest BCUT2D eigenvalue weighted by molar-refractivity contribution is 0.163. The van der Waals surface area contributed by atoms with Gasteiger partial charge in [-0.2, -0.15) is 0 Å². The summed E-state index contributed by atoms with van der Waals surface area (Å²) in [5.74, 6) is 0. The van der Waals surface area contributed by atoms with E-state index >= 15 is 0 Å². The molecule has 1 rings (SSSR count). The molecule has 0 fully saturated rings. The quantitative estimate of drug-likeness (QED) is 0.871. The summed E-state index contributed by atoms with van der Waals surface area (Å²) in [6, 6.07) is 4.62. The molecule has 0 unspecified atom stereocenters. The second-order valence-electron chi connectivity index (χ2n) is 5.06. The number of hydrogen-bond acceptors (Lipinski definition) is 3. The molecular formula is C12H18ClNO3S. The molecule has 4 nitrogen and oxygen atoms in total. The molecule has 0 saturated heterocycles. The van der Waals surface area contributed by atoms with Gasteiger partial charge in [0.1, 0.15) is 0 Å².